The van der Waals surface area contributed by atoms with Gasteiger partial charge in [-0.3, -0.25) is 4.79 Å². The molecule has 0 spiro atoms. The summed E-state index contributed by atoms with van der Waals surface area (Å²) < 4.78 is 32.9. The van der Waals surface area contributed by atoms with E-state index in [0.29, 0.717) is 49.3 Å². The van der Waals surface area contributed by atoms with E-state index < -0.39 is 10.0 Å². The van der Waals surface area contributed by atoms with Gasteiger partial charge in [-0.2, -0.15) is 9.29 Å². The normalized spacial score (nSPS) is 20.5. The molecule has 8 nitrogen and oxygen atoms in total. The Hall–Kier alpha value is -3.04. The van der Waals surface area contributed by atoms with Crippen LogP contribution in [0.2, 0.25) is 0 Å². The van der Waals surface area contributed by atoms with Crippen LogP contribution in [0.4, 0.5) is 5.69 Å². The van der Waals surface area contributed by atoms with Crippen LogP contribution >= 0.6 is 0 Å². The molecule has 1 atom stereocenters. The Morgan fingerprint density at radius 2 is 1.70 bits per heavy atom. The molecule has 2 aromatic carbocycles. The van der Waals surface area contributed by atoms with E-state index in [1.165, 1.54) is 0 Å². The second kappa shape index (κ2) is 8.72. The zero-order valence-corrected chi connectivity index (χ0v) is 19.2. The largest absolute Gasteiger partial charge is 0.339 e. The second-order valence-corrected chi connectivity index (χ2v) is 10.7. The summed E-state index contributed by atoms with van der Waals surface area (Å²) in [5, 5.41) is 4.07. The first-order valence-corrected chi connectivity index (χ1v) is 12.7. The average molecular weight is 467 g/mol. The molecule has 2 aliphatic rings. The molecule has 2 saturated heterocycles. The molecule has 2 aliphatic heterocycles. The minimum atomic E-state index is -3.50. The molecule has 2 fully saturated rings. The van der Waals surface area contributed by atoms with Crippen LogP contribution < -0.4 is 4.90 Å². The van der Waals surface area contributed by atoms with Crippen molar-refractivity contribution in [3.8, 4) is 11.4 Å². The fourth-order valence-electron chi connectivity index (χ4n) is 4.40. The number of amides is 1. The Morgan fingerprint density at radius 3 is 2.39 bits per heavy atom. The van der Waals surface area contributed by atoms with Crippen LogP contribution in [0.3, 0.4) is 0 Å². The molecule has 9 heteroatoms. The van der Waals surface area contributed by atoms with E-state index >= 15 is 0 Å². The Bertz CT molecular complexity index is 1230. The highest BCUT2D eigenvalue weighted by molar-refractivity contribution is 7.89. The van der Waals surface area contributed by atoms with Gasteiger partial charge < -0.3 is 9.42 Å². The number of hydrogen-bond donors (Lipinski definition) is 0. The summed E-state index contributed by atoms with van der Waals surface area (Å²) in [4.78, 5) is 19.0. The third-order valence-electron chi connectivity index (χ3n) is 6.48. The summed E-state index contributed by atoms with van der Waals surface area (Å²) >= 11 is 0. The summed E-state index contributed by atoms with van der Waals surface area (Å²) in [6.45, 7) is 3.74. The molecule has 1 amide bonds. The monoisotopic (exact) mass is 466 g/mol. The number of nitrogens with zero attached hydrogens (tertiary/aromatic N) is 4. The number of sulfonamides is 1. The van der Waals surface area contributed by atoms with Gasteiger partial charge in [0.15, 0.2) is 0 Å². The topological polar surface area (TPSA) is 96.6 Å². The molecule has 172 valence electrons. The van der Waals surface area contributed by atoms with Crippen LogP contribution in [0.5, 0.6) is 0 Å². The predicted molar refractivity (Wildman–Crippen MR) is 123 cm³/mol. The molecule has 5 rings (SSSR count). The van der Waals surface area contributed by atoms with Gasteiger partial charge in [-0.05, 0) is 55.2 Å². The number of benzene rings is 2. The molecular formula is C24H26N4O4S. The van der Waals surface area contributed by atoms with Gasteiger partial charge in [-0.1, -0.05) is 30.3 Å². The number of rotatable bonds is 5. The quantitative estimate of drug-likeness (QED) is 0.569. The lowest BCUT2D eigenvalue weighted by atomic mass is 10.0. The van der Waals surface area contributed by atoms with Crippen molar-refractivity contribution in [2.24, 2.45) is 5.92 Å². The maximum absolute atomic E-state index is 12.9. The van der Waals surface area contributed by atoms with Crippen molar-refractivity contribution in [3.63, 3.8) is 0 Å². The van der Waals surface area contributed by atoms with Crippen molar-refractivity contribution in [2.75, 3.05) is 24.5 Å². The first-order chi connectivity index (χ1) is 15.9. The molecule has 3 aromatic rings. The van der Waals surface area contributed by atoms with E-state index in [0.717, 1.165) is 18.5 Å². The highest BCUT2D eigenvalue weighted by Crippen LogP contribution is 2.32. The van der Waals surface area contributed by atoms with Gasteiger partial charge in [0.1, 0.15) is 0 Å². The second-order valence-electron chi connectivity index (χ2n) is 8.81. The van der Waals surface area contributed by atoms with Crippen LogP contribution in [0, 0.1) is 5.92 Å². The van der Waals surface area contributed by atoms with Gasteiger partial charge in [-0.25, -0.2) is 8.42 Å². The molecular weight excluding hydrogens is 440 g/mol. The van der Waals surface area contributed by atoms with Crippen molar-refractivity contribution in [2.45, 2.75) is 37.0 Å². The van der Waals surface area contributed by atoms with Crippen molar-refractivity contribution < 1.29 is 17.7 Å². The fraction of sp³-hybridized carbons (Fsp3) is 0.375. The summed E-state index contributed by atoms with van der Waals surface area (Å²) in [6.07, 6.45) is 2.07. The lowest BCUT2D eigenvalue weighted by molar-refractivity contribution is -0.117. The lowest BCUT2D eigenvalue weighted by Crippen LogP contribution is -2.37. The Morgan fingerprint density at radius 1 is 1.00 bits per heavy atom. The van der Waals surface area contributed by atoms with Gasteiger partial charge in [0.25, 0.3) is 0 Å². The number of aromatic nitrogens is 2. The van der Waals surface area contributed by atoms with Gasteiger partial charge >= 0.3 is 0 Å². The highest BCUT2D eigenvalue weighted by atomic mass is 32.2. The SMILES string of the molecule is CC1CCN(S(=O)(=O)c2ccc(-c3noc(C4CC(=O)N(c5ccccc5)C4)n3)cc2)CC1. The Labute approximate surface area is 193 Å². The van der Waals surface area contributed by atoms with Gasteiger partial charge in [0.05, 0.1) is 10.8 Å². The van der Waals surface area contributed by atoms with Crippen LogP contribution in [0.25, 0.3) is 11.4 Å². The summed E-state index contributed by atoms with van der Waals surface area (Å²) in [6, 6.07) is 16.1. The molecule has 0 bridgehead atoms. The molecule has 1 aromatic heterocycles. The minimum absolute atomic E-state index is 0.0209. The number of piperidine rings is 1. The zero-order chi connectivity index (χ0) is 23.0. The van der Waals surface area contributed by atoms with Crippen molar-refractivity contribution in [1.29, 1.82) is 0 Å². The molecule has 1 unspecified atom stereocenters. The number of carbonyl (C=O) groups excluding carboxylic acids is 1. The summed E-state index contributed by atoms with van der Waals surface area (Å²) in [7, 11) is -3.50. The van der Waals surface area contributed by atoms with Crippen molar-refractivity contribution >= 4 is 21.6 Å². The van der Waals surface area contributed by atoms with Gasteiger partial charge in [0.2, 0.25) is 27.6 Å². The lowest BCUT2D eigenvalue weighted by Gasteiger charge is -2.29. The highest BCUT2D eigenvalue weighted by Gasteiger charge is 2.35. The van der Waals surface area contributed by atoms with Crippen LogP contribution in [-0.2, 0) is 14.8 Å². The molecule has 0 radical (unpaired) electrons. The maximum Gasteiger partial charge on any atom is 0.243 e. The first kappa shape index (κ1) is 21.8. The average Bonchev–Trinajstić information content (AvgIpc) is 3.47. The zero-order valence-electron chi connectivity index (χ0n) is 18.4. The Balaban J connectivity index is 1.30. The number of para-hydroxylation sites is 1. The van der Waals surface area contributed by atoms with E-state index in [1.54, 1.807) is 33.5 Å². The fourth-order valence-corrected chi connectivity index (χ4v) is 5.87. The van der Waals surface area contributed by atoms with Crippen LogP contribution in [0.15, 0.2) is 64.0 Å². The van der Waals surface area contributed by atoms with Crippen LogP contribution in [-0.4, -0.2) is 48.4 Å². The molecule has 33 heavy (non-hydrogen) atoms. The third kappa shape index (κ3) is 4.30. The molecule has 0 aliphatic carbocycles. The number of hydrogen-bond acceptors (Lipinski definition) is 6. The molecule has 3 heterocycles. The van der Waals surface area contributed by atoms with E-state index in [1.807, 2.05) is 30.3 Å². The third-order valence-corrected chi connectivity index (χ3v) is 8.39. The van der Waals surface area contributed by atoms with E-state index in [2.05, 4.69) is 17.1 Å². The minimum Gasteiger partial charge on any atom is -0.339 e. The first-order valence-electron chi connectivity index (χ1n) is 11.2. The maximum atomic E-state index is 12.9. The van der Waals surface area contributed by atoms with E-state index in [4.69, 9.17) is 4.52 Å². The van der Waals surface area contributed by atoms with Crippen LogP contribution in [0.1, 0.15) is 38.0 Å². The number of carbonyl (C=O) groups is 1. The standard InChI is InChI=1S/C24H26N4O4S/c1-17-11-13-27(14-12-17)33(30,31)21-9-7-18(8-10-21)23-25-24(32-26-23)19-15-22(29)28(16-19)20-5-3-2-4-6-20/h2-10,17,19H,11-16H2,1H3. The summed E-state index contributed by atoms with van der Waals surface area (Å²) in [5.74, 6) is 1.19. The predicted octanol–water partition coefficient (Wildman–Crippen LogP) is 3.68. The van der Waals surface area contributed by atoms with Crippen molar-refractivity contribution in [3.05, 3.63) is 60.5 Å². The summed E-state index contributed by atoms with van der Waals surface area (Å²) in [5.41, 5.74) is 1.52. The van der Waals surface area contributed by atoms with E-state index in [9.17, 15) is 13.2 Å². The molecule has 0 saturated carbocycles. The Kier molecular flexibility index (Phi) is 5.76. The van der Waals surface area contributed by atoms with Crippen molar-refractivity contribution in [1.82, 2.24) is 14.4 Å². The molecule has 0 N–H and O–H groups in total. The van der Waals surface area contributed by atoms with Gasteiger partial charge in [0, 0.05) is 37.3 Å². The van der Waals surface area contributed by atoms with Gasteiger partial charge in [-0.15, -0.1) is 0 Å². The number of anilines is 1. The van der Waals surface area contributed by atoms with E-state index in [-0.39, 0.29) is 16.7 Å². The smallest absolute Gasteiger partial charge is 0.243 e.